The number of carbonyl (C=O) groups is 2. The Balaban J connectivity index is 2.04. The Labute approximate surface area is 101 Å². The normalized spacial score (nSPS) is 16.1. The summed E-state index contributed by atoms with van der Waals surface area (Å²) in [6.45, 7) is 5.11. The second-order valence-corrected chi connectivity index (χ2v) is 4.86. The van der Waals surface area contributed by atoms with Crippen LogP contribution in [0.4, 0.5) is 0 Å². The Bertz CT molecular complexity index is 434. The van der Waals surface area contributed by atoms with Crippen molar-refractivity contribution in [1.29, 1.82) is 0 Å². The lowest BCUT2D eigenvalue weighted by atomic mass is 10.0. The van der Waals surface area contributed by atoms with E-state index in [1.165, 1.54) is 5.56 Å². The van der Waals surface area contributed by atoms with E-state index in [-0.39, 0.29) is 24.7 Å². The highest BCUT2D eigenvalue weighted by atomic mass is 16.2. The molecule has 0 bridgehead atoms. The third-order valence-corrected chi connectivity index (χ3v) is 3.09. The maximum atomic E-state index is 11.5. The lowest BCUT2D eigenvalue weighted by Gasteiger charge is -2.15. The van der Waals surface area contributed by atoms with Crippen molar-refractivity contribution in [2.24, 2.45) is 0 Å². The maximum Gasteiger partial charge on any atom is 0.230 e. The summed E-state index contributed by atoms with van der Waals surface area (Å²) in [5.74, 6) is 0.482. The number of nitrogens with zero attached hydrogens (tertiary/aromatic N) is 1. The molecule has 0 radical (unpaired) electrons. The van der Waals surface area contributed by atoms with Crippen LogP contribution >= 0.6 is 0 Å². The Morgan fingerprint density at radius 3 is 2.29 bits per heavy atom. The van der Waals surface area contributed by atoms with Gasteiger partial charge in [0.15, 0.2) is 5.78 Å². The number of Topliss-reactive ketones (excluding diaryl/α,β-unsaturated/α-hetero) is 1. The molecule has 3 nitrogen and oxygen atoms in total. The summed E-state index contributed by atoms with van der Waals surface area (Å²) in [5, 5.41) is 0. The van der Waals surface area contributed by atoms with Gasteiger partial charge in [0, 0.05) is 6.54 Å². The average molecular weight is 231 g/mol. The van der Waals surface area contributed by atoms with Gasteiger partial charge in [-0.3, -0.25) is 9.59 Å². The van der Waals surface area contributed by atoms with E-state index in [4.69, 9.17) is 0 Å². The van der Waals surface area contributed by atoms with Crippen LogP contribution in [0.15, 0.2) is 24.3 Å². The van der Waals surface area contributed by atoms with E-state index in [0.717, 1.165) is 5.56 Å². The van der Waals surface area contributed by atoms with E-state index < -0.39 is 0 Å². The molecule has 0 aromatic heterocycles. The topological polar surface area (TPSA) is 37.4 Å². The number of ketones is 1. The highest BCUT2D eigenvalue weighted by Gasteiger charge is 2.26. The van der Waals surface area contributed by atoms with Crippen LogP contribution in [0.1, 0.15) is 37.3 Å². The third kappa shape index (κ3) is 2.73. The fraction of sp³-hybridized carbons (Fsp3) is 0.429. The predicted octanol–water partition coefficient (Wildman–Crippen LogP) is 2.11. The van der Waals surface area contributed by atoms with Crippen LogP contribution in [-0.2, 0) is 16.1 Å². The standard InChI is InChI=1S/C14H17NO2/c1-10(2)12-5-3-11(4-6-12)8-15-9-13(16)7-14(15)17/h3-6,10H,7-9H2,1-2H3. The van der Waals surface area contributed by atoms with Crippen LogP contribution in [-0.4, -0.2) is 23.1 Å². The van der Waals surface area contributed by atoms with E-state index in [1.807, 2.05) is 12.1 Å². The van der Waals surface area contributed by atoms with Gasteiger partial charge in [0.25, 0.3) is 0 Å². The molecule has 1 saturated heterocycles. The van der Waals surface area contributed by atoms with Crippen LogP contribution < -0.4 is 0 Å². The molecule has 0 spiro atoms. The molecule has 0 unspecified atom stereocenters. The SMILES string of the molecule is CC(C)c1ccc(CN2CC(=O)CC2=O)cc1. The molecule has 1 aliphatic rings. The molecule has 0 aliphatic carbocycles. The summed E-state index contributed by atoms with van der Waals surface area (Å²) in [4.78, 5) is 24.2. The molecule has 1 fully saturated rings. The molecular formula is C14H17NO2. The molecule has 1 aromatic rings. The second-order valence-electron chi connectivity index (χ2n) is 4.86. The van der Waals surface area contributed by atoms with E-state index in [2.05, 4.69) is 26.0 Å². The summed E-state index contributed by atoms with van der Waals surface area (Å²) in [7, 11) is 0. The second kappa shape index (κ2) is 4.70. The van der Waals surface area contributed by atoms with Crippen molar-refractivity contribution in [3.05, 3.63) is 35.4 Å². The first-order valence-corrected chi connectivity index (χ1v) is 5.94. The van der Waals surface area contributed by atoms with Crippen molar-refractivity contribution < 1.29 is 9.59 Å². The van der Waals surface area contributed by atoms with Gasteiger partial charge in [0.1, 0.15) is 0 Å². The van der Waals surface area contributed by atoms with Gasteiger partial charge in [-0.25, -0.2) is 0 Å². The molecular weight excluding hydrogens is 214 g/mol. The molecule has 0 atom stereocenters. The van der Waals surface area contributed by atoms with E-state index in [1.54, 1.807) is 4.90 Å². The minimum Gasteiger partial charge on any atom is -0.331 e. The van der Waals surface area contributed by atoms with E-state index in [9.17, 15) is 9.59 Å². The molecule has 0 saturated carbocycles. The fourth-order valence-corrected chi connectivity index (χ4v) is 2.01. The van der Waals surface area contributed by atoms with Crippen LogP contribution in [0.3, 0.4) is 0 Å². The van der Waals surface area contributed by atoms with Gasteiger partial charge in [0.05, 0.1) is 13.0 Å². The molecule has 1 heterocycles. The lowest BCUT2D eigenvalue weighted by molar-refractivity contribution is -0.128. The van der Waals surface area contributed by atoms with Crippen molar-refractivity contribution in [3.8, 4) is 0 Å². The van der Waals surface area contributed by atoms with Crippen molar-refractivity contribution >= 4 is 11.7 Å². The van der Waals surface area contributed by atoms with Crippen LogP contribution in [0.25, 0.3) is 0 Å². The largest absolute Gasteiger partial charge is 0.331 e. The van der Waals surface area contributed by atoms with Crippen molar-refractivity contribution in [2.75, 3.05) is 6.54 Å². The highest BCUT2D eigenvalue weighted by molar-refractivity contribution is 6.05. The molecule has 1 amide bonds. The Morgan fingerprint density at radius 2 is 1.82 bits per heavy atom. The lowest BCUT2D eigenvalue weighted by Crippen LogP contribution is -2.24. The van der Waals surface area contributed by atoms with E-state index in [0.29, 0.717) is 12.5 Å². The summed E-state index contributed by atoms with van der Waals surface area (Å²) in [5.41, 5.74) is 2.37. The van der Waals surface area contributed by atoms with Gasteiger partial charge in [-0.05, 0) is 17.0 Å². The predicted molar refractivity (Wildman–Crippen MR) is 65.6 cm³/mol. The first kappa shape index (κ1) is 11.8. The minimum absolute atomic E-state index is 0.0220. The van der Waals surface area contributed by atoms with Crippen LogP contribution in [0, 0.1) is 0 Å². The average Bonchev–Trinajstić information content (AvgIpc) is 2.58. The van der Waals surface area contributed by atoms with Gasteiger partial charge in [-0.1, -0.05) is 38.1 Å². The Morgan fingerprint density at radius 1 is 1.18 bits per heavy atom. The molecule has 3 heteroatoms. The van der Waals surface area contributed by atoms with Crippen molar-refractivity contribution in [2.45, 2.75) is 32.7 Å². The van der Waals surface area contributed by atoms with Crippen molar-refractivity contribution in [1.82, 2.24) is 4.90 Å². The van der Waals surface area contributed by atoms with Crippen LogP contribution in [0.2, 0.25) is 0 Å². The minimum atomic E-state index is -0.0528. The zero-order valence-corrected chi connectivity index (χ0v) is 10.3. The molecule has 1 aromatic carbocycles. The summed E-state index contributed by atoms with van der Waals surface area (Å²) in [6, 6.07) is 8.24. The van der Waals surface area contributed by atoms with Gasteiger partial charge in [-0.15, -0.1) is 0 Å². The Kier molecular flexibility index (Phi) is 3.27. The first-order valence-electron chi connectivity index (χ1n) is 5.94. The highest BCUT2D eigenvalue weighted by Crippen LogP contribution is 2.17. The number of benzene rings is 1. The summed E-state index contributed by atoms with van der Waals surface area (Å²) in [6.07, 6.45) is 0.0735. The number of carbonyl (C=O) groups excluding carboxylic acids is 2. The number of amides is 1. The summed E-state index contributed by atoms with van der Waals surface area (Å²) < 4.78 is 0. The van der Waals surface area contributed by atoms with Gasteiger partial charge in [-0.2, -0.15) is 0 Å². The summed E-state index contributed by atoms with van der Waals surface area (Å²) >= 11 is 0. The molecule has 2 rings (SSSR count). The zero-order valence-electron chi connectivity index (χ0n) is 10.3. The number of rotatable bonds is 3. The maximum absolute atomic E-state index is 11.5. The number of likely N-dealkylation sites (tertiary alicyclic amines) is 1. The number of hydrogen-bond acceptors (Lipinski definition) is 2. The monoisotopic (exact) mass is 231 g/mol. The first-order chi connectivity index (χ1) is 8.06. The third-order valence-electron chi connectivity index (χ3n) is 3.09. The van der Waals surface area contributed by atoms with E-state index >= 15 is 0 Å². The van der Waals surface area contributed by atoms with Gasteiger partial charge in [0.2, 0.25) is 5.91 Å². The fourth-order valence-electron chi connectivity index (χ4n) is 2.01. The Hall–Kier alpha value is -1.64. The quantitative estimate of drug-likeness (QED) is 0.747. The molecule has 0 N–H and O–H groups in total. The van der Waals surface area contributed by atoms with Gasteiger partial charge >= 0.3 is 0 Å². The van der Waals surface area contributed by atoms with Crippen LogP contribution in [0.5, 0.6) is 0 Å². The van der Waals surface area contributed by atoms with Gasteiger partial charge < -0.3 is 4.90 Å². The van der Waals surface area contributed by atoms with Crippen molar-refractivity contribution in [3.63, 3.8) is 0 Å². The molecule has 1 aliphatic heterocycles. The number of hydrogen-bond donors (Lipinski definition) is 0. The molecule has 17 heavy (non-hydrogen) atoms. The molecule has 90 valence electrons. The zero-order chi connectivity index (χ0) is 12.4. The smallest absolute Gasteiger partial charge is 0.230 e.